The molecule has 12 unspecified atom stereocenters. The highest BCUT2D eigenvalue weighted by atomic mass is 16.2. The van der Waals surface area contributed by atoms with Crippen molar-refractivity contribution < 1.29 is 28.8 Å². The van der Waals surface area contributed by atoms with Crippen LogP contribution in [0.3, 0.4) is 0 Å². The van der Waals surface area contributed by atoms with Gasteiger partial charge >= 0.3 is 12.1 Å². The number of nitrogens with zero attached hydrogens (tertiary/aromatic N) is 4. The summed E-state index contributed by atoms with van der Waals surface area (Å²) in [4.78, 5) is 92.3. The first kappa shape index (κ1) is 28.3. The van der Waals surface area contributed by atoms with E-state index < -0.39 is 24.4 Å². The lowest BCUT2D eigenvalue weighted by molar-refractivity contribution is -0.146. The quantitative estimate of drug-likeness (QED) is 0.434. The second-order valence-electron chi connectivity index (χ2n) is 17.4. The van der Waals surface area contributed by atoms with Gasteiger partial charge in [0.25, 0.3) is 0 Å². The summed E-state index contributed by atoms with van der Waals surface area (Å²) < 4.78 is 0. The van der Waals surface area contributed by atoms with Gasteiger partial charge in [0.2, 0.25) is 23.6 Å². The largest absolute Gasteiger partial charge is 0.337 e. The normalized spacial score (nSPS) is 47.7. The highest BCUT2D eigenvalue weighted by molar-refractivity contribution is 6.12. The number of carbonyl (C=O) groups is 6. The third kappa shape index (κ3) is 3.76. The summed E-state index contributed by atoms with van der Waals surface area (Å²) in [7, 11) is 0. The van der Waals surface area contributed by atoms with Gasteiger partial charge in [-0.3, -0.25) is 19.2 Å². The summed E-state index contributed by atoms with van der Waals surface area (Å²) in [6.45, 7) is 0. The fourth-order valence-corrected chi connectivity index (χ4v) is 13.3. The van der Waals surface area contributed by atoms with Crippen molar-refractivity contribution in [3.63, 3.8) is 0 Å². The van der Waals surface area contributed by atoms with Gasteiger partial charge in [0.1, 0.15) is 0 Å². The molecule has 0 radical (unpaired) electrons. The summed E-state index contributed by atoms with van der Waals surface area (Å²) in [6.07, 6.45) is 12.2. The number of hydrogen-bond acceptors (Lipinski definition) is 6. The van der Waals surface area contributed by atoms with E-state index in [-0.39, 0.29) is 71.0 Å². The standard InChI is InChI=1S/C36H46N4O6/c41-31(25-13-17-1-5-21(25)9-17)37-29-30(39(35(37)45)33(43)27-15-19-3-7-23(27)11-19)40(34(44)28-16-20-4-8-24(28)12-20)36(46)38(29)32(42)26-14-18-2-6-22(26)10-18/h17-30H,1-16H2. The Hall–Kier alpha value is -2.78. The van der Waals surface area contributed by atoms with E-state index in [0.717, 1.165) is 96.6 Å². The van der Waals surface area contributed by atoms with Gasteiger partial charge in [-0.05, 0) is 124 Å². The van der Waals surface area contributed by atoms with E-state index in [1.807, 2.05) is 0 Å². The molecule has 0 N–H and O–H groups in total. The van der Waals surface area contributed by atoms with E-state index in [9.17, 15) is 28.8 Å². The average molecular weight is 631 g/mol. The zero-order valence-electron chi connectivity index (χ0n) is 26.6. The van der Waals surface area contributed by atoms with Crippen molar-refractivity contribution in [1.82, 2.24) is 19.6 Å². The number of amides is 8. The van der Waals surface area contributed by atoms with Gasteiger partial charge in [-0.25, -0.2) is 29.2 Å². The van der Waals surface area contributed by atoms with E-state index in [0.29, 0.717) is 49.4 Å². The lowest BCUT2D eigenvalue weighted by Gasteiger charge is -2.33. The third-order valence-electron chi connectivity index (χ3n) is 15.3. The molecule has 8 aliphatic carbocycles. The molecule has 2 saturated heterocycles. The first-order valence-corrected chi connectivity index (χ1v) is 18.7. The highest BCUT2D eigenvalue weighted by Crippen LogP contribution is 2.55. The second kappa shape index (κ2) is 9.88. The third-order valence-corrected chi connectivity index (χ3v) is 15.3. The number of imide groups is 4. The molecule has 0 spiro atoms. The Morgan fingerprint density at radius 3 is 0.783 bits per heavy atom. The molecule has 8 amide bonds. The van der Waals surface area contributed by atoms with Gasteiger partial charge in [-0.2, -0.15) is 0 Å². The maximum Gasteiger partial charge on any atom is 0.337 e. The Balaban J connectivity index is 1.07. The van der Waals surface area contributed by atoms with Crippen LogP contribution in [-0.4, -0.2) is 67.6 Å². The van der Waals surface area contributed by atoms with Crippen molar-refractivity contribution >= 4 is 35.7 Å². The number of rotatable bonds is 4. The lowest BCUT2D eigenvalue weighted by Crippen LogP contribution is -2.56. The Kier molecular flexibility index (Phi) is 6.07. The first-order chi connectivity index (χ1) is 22.3. The zero-order chi connectivity index (χ0) is 31.2. The van der Waals surface area contributed by atoms with Crippen LogP contribution >= 0.6 is 0 Å². The molecule has 2 heterocycles. The maximum atomic E-state index is 14.7. The minimum absolute atomic E-state index is 0.178. The Labute approximate surface area is 269 Å². The molecule has 0 aromatic carbocycles. The SMILES string of the molecule is O=C(C1CC2CCC1C2)N1C(=O)N(C(=O)C2CC3CCC2C3)C2C1N(C(=O)C1CC3CCC1C3)C(=O)N2C(=O)C1CC2CCC1C2. The second-order valence-corrected chi connectivity index (χ2v) is 17.4. The molecule has 8 bridgehead atoms. The molecule has 0 aromatic rings. The van der Waals surface area contributed by atoms with E-state index in [2.05, 4.69) is 0 Å². The molecule has 2 aliphatic heterocycles. The molecule has 246 valence electrons. The van der Waals surface area contributed by atoms with Crippen molar-refractivity contribution in [3.05, 3.63) is 0 Å². The Morgan fingerprint density at radius 2 is 0.609 bits per heavy atom. The summed E-state index contributed by atoms with van der Waals surface area (Å²) >= 11 is 0. The van der Waals surface area contributed by atoms with Gasteiger partial charge in [0, 0.05) is 23.7 Å². The minimum Gasteiger partial charge on any atom is -0.274 e. The van der Waals surface area contributed by atoms with Crippen LogP contribution in [0.15, 0.2) is 0 Å². The van der Waals surface area contributed by atoms with Crippen molar-refractivity contribution in [3.8, 4) is 0 Å². The summed E-state index contributed by atoms with van der Waals surface area (Å²) in [5, 5.41) is 0. The molecular formula is C36H46N4O6. The van der Waals surface area contributed by atoms with Crippen molar-refractivity contribution in [2.75, 3.05) is 0 Å². The number of carbonyl (C=O) groups excluding carboxylic acids is 6. The molecule has 10 rings (SSSR count). The minimum atomic E-state index is -1.27. The Bertz CT molecular complexity index is 1240. The smallest absolute Gasteiger partial charge is 0.274 e. The van der Waals surface area contributed by atoms with Crippen LogP contribution in [0.4, 0.5) is 9.59 Å². The zero-order valence-corrected chi connectivity index (χ0v) is 26.6. The molecule has 10 nitrogen and oxygen atoms in total. The fraction of sp³-hybridized carbons (Fsp3) is 0.833. The molecule has 12 atom stereocenters. The molecular weight excluding hydrogens is 584 g/mol. The van der Waals surface area contributed by atoms with Crippen LogP contribution in [0.2, 0.25) is 0 Å². The van der Waals surface area contributed by atoms with E-state index in [1.54, 1.807) is 0 Å². The molecule has 46 heavy (non-hydrogen) atoms. The molecule has 10 aliphatic rings. The first-order valence-electron chi connectivity index (χ1n) is 18.7. The maximum absolute atomic E-state index is 14.7. The van der Waals surface area contributed by atoms with Gasteiger partial charge < -0.3 is 0 Å². The Morgan fingerprint density at radius 1 is 0.370 bits per heavy atom. The average Bonchev–Trinajstić information content (AvgIpc) is 3.91. The topological polar surface area (TPSA) is 115 Å². The number of hydrogen-bond donors (Lipinski definition) is 0. The molecule has 10 fully saturated rings. The number of urea groups is 2. The predicted octanol–water partition coefficient (Wildman–Crippen LogP) is 4.97. The number of fused-ring (bicyclic) bond motifs is 9. The fourth-order valence-electron chi connectivity index (χ4n) is 13.3. The van der Waals surface area contributed by atoms with Crippen molar-refractivity contribution in [2.45, 2.75) is 115 Å². The predicted molar refractivity (Wildman–Crippen MR) is 162 cm³/mol. The van der Waals surface area contributed by atoms with Crippen molar-refractivity contribution in [2.24, 2.45) is 71.0 Å². The highest BCUT2D eigenvalue weighted by Gasteiger charge is 2.69. The van der Waals surface area contributed by atoms with Gasteiger partial charge in [0.15, 0.2) is 12.3 Å². The molecule has 8 saturated carbocycles. The lowest BCUT2D eigenvalue weighted by atomic mass is 9.87. The van der Waals surface area contributed by atoms with Crippen LogP contribution in [0, 0.1) is 71.0 Å². The van der Waals surface area contributed by atoms with E-state index in [4.69, 9.17) is 0 Å². The van der Waals surface area contributed by atoms with Crippen LogP contribution < -0.4 is 0 Å². The summed E-state index contributed by atoms with van der Waals surface area (Å²) in [5.74, 6) is -0.338. The summed E-state index contributed by atoms with van der Waals surface area (Å²) in [5.41, 5.74) is 0. The van der Waals surface area contributed by atoms with Crippen LogP contribution in [0.5, 0.6) is 0 Å². The van der Waals surface area contributed by atoms with Crippen LogP contribution in [0.25, 0.3) is 0 Å². The molecule has 10 heteroatoms. The van der Waals surface area contributed by atoms with Crippen molar-refractivity contribution in [1.29, 1.82) is 0 Å². The van der Waals surface area contributed by atoms with Gasteiger partial charge in [0.05, 0.1) is 0 Å². The van der Waals surface area contributed by atoms with Gasteiger partial charge in [-0.15, -0.1) is 0 Å². The van der Waals surface area contributed by atoms with Crippen LogP contribution in [-0.2, 0) is 19.2 Å². The van der Waals surface area contributed by atoms with Crippen LogP contribution in [0.1, 0.15) is 103 Å². The van der Waals surface area contributed by atoms with Gasteiger partial charge in [-0.1, -0.05) is 25.7 Å². The monoisotopic (exact) mass is 630 g/mol. The van der Waals surface area contributed by atoms with E-state index >= 15 is 0 Å². The molecule has 0 aromatic heterocycles. The summed E-state index contributed by atoms with van der Waals surface area (Å²) in [6, 6.07) is -1.45. The van der Waals surface area contributed by atoms with E-state index in [1.165, 1.54) is 0 Å².